The average Bonchev–Trinajstić information content (AvgIpc) is 2.68. The standard InChI is InChI=1S/C14H10ClFN2S/c1-8-2-4-10(16)12(6-8)18-13-7-9(15)3-5-11(13)17-14(18)19/h2-7H,1H3,(H,17,19). The third kappa shape index (κ3) is 2.07. The van der Waals surface area contributed by atoms with E-state index in [9.17, 15) is 4.39 Å². The summed E-state index contributed by atoms with van der Waals surface area (Å²) >= 11 is 11.3. The molecule has 2 nitrogen and oxygen atoms in total. The molecule has 0 bridgehead atoms. The van der Waals surface area contributed by atoms with Gasteiger partial charge in [-0.25, -0.2) is 4.39 Å². The second-order valence-electron chi connectivity index (χ2n) is 4.38. The summed E-state index contributed by atoms with van der Waals surface area (Å²) in [6.07, 6.45) is 0. The molecule has 19 heavy (non-hydrogen) atoms. The first-order chi connectivity index (χ1) is 9.06. The number of rotatable bonds is 1. The van der Waals surface area contributed by atoms with Crippen LogP contribution in [0.3, 0.4) is 0 Å². The molecule has 0 aliphatic rings. The summed E-state index contributed by atoms with van der Waals surface area (Å²) in [5.41, 5.74) is 2.99. The van der Waals surface area contributed by atoms with Crippen LogP contribution in [0.5, 0.6) is 0 Å². The molecule has 2 aromatic carbocycles. The van der Waals surface area contributed by atoms with Gasteiger partial charge < -0.3 is 4.98 Å². The van der Waals surface area contributed by atoms with Crippen molar-refractivity contribution in [2.75, 3.05) is 0 Å². The topological polar surface area (TPSA) is 20.7 Å². The first-order valence-electron chi connectivity index (χ1n) is 5.73. The molecular weight excluding hydrogens is 283 g/mol. The van der Waals surface area contributed by atoms with Gasteiger partial charge in [0.25, 0.3) is 0 Å². The monoisotopic (exact) mass is 292 g/mol. The van der Waals surface area contributed by atoms with Crippen molar-refractivity contribution in [3.8, 4) is 5.69 Å². The van der Waals surface area contributed by atoms with E-state index in [1.54, 1.807) is 28.8 Å². The van der Waals surface area contributed by atoms with Gasteiger partial charge in [0.2, 0.25) is 0 Å². The molecule has 0 spiro atoms. The molecule has 3 rings (SSSR count). The molecule has 0 saturated carbocycles. The molecule has 3 aromatic rings. The fourth-order valence-electron chi connectivity index (χ4n) is 2.11. The van der Waals surface area contributed by atoms with E-state index in [2.05, 4.69) is 4.98 Å². The Morgan fingerprint density at radius 3 is 2.79 bits per heavy atom. The summed E-state index contributed by atoms with van der Waals surface area (Å²) in [5, 5.41) is 0.586. The summed E-state index contributed by atoms with van der Waals surface area (Å²) in [4.78, 5) is 3.05. The number of hydrogen-bond donors (Lipinski definition) is 1. The molecule has 96 valence electrons. The Morgan fingerprint density at radius 1 is 1.21 bits per heavy atom. The van der Waals surface area contributed by atoms with Gasteiger partial charge >= 0.3 is 0 Å². The molecule has 0 amide bonds. The number of halogens is 2. The molecule has 0 saturated heterocycles. The number of hydrogen-bond acceptors (Lipinski definition) is 1. The third-order valence-electron chi connectivity index (χ3n) is 2.99. The predicted octanol–water partition coefficient (Wildman–Crippen LogP) is 4.79. The largest absolute Gasteiger partial charge is 0.330 e. The molecule has 1 aromatic heterocycles. The highest BCUT2D eigenvalue weighted by atomic mass is 35.5. The normalized spacial score (nSPS) is 11.1. The molecule has 0 unspecified atom stereocenters. The highest BCUT2D eigenvalue weighted by Gasteiger charge is 2.11. The molecule has 1 N–H and O–H groups in total. The van der Waals surface area contributed by atoms with Crippen LogP contribution < -0.4 is 0 Å². The lowest BCUT2D eigenvalue weighted by Crippen LogP contribution is -1.98. The van der Waals surface area contributed by atoms with Crippen molar-refractivity contribution in [1.82, 2.24) is 9.55 Å². The number of H-pyrrole nitrogens is 1. The highest BCUT2D eigenvalue weighted by molar-refractivity contribution is 7.71. The molecule has 0 fully saturated rings. The van der Waals surface area contributed by atoms with Crippen LogP contribution in [0, 0.1) is 17.5 Å². The predicted molar refractivity (Wildman–Crippen MR) is 78.2 cm³/mol. The van der Waals surface area contributed by atoms with Crippen LogP contribution in [0.2, 0.25) is 5.02 Å². The number of aryl methyl sites for hydroxylation is 1. The molecule has 0 radical (unpaired) electrons. The Labute approximate surface area is 119 Å². The van der Waals surface area contributed by atoms with Crippen LogP contribution in [-0.4, -0.2) is 9.55 Å². The SMILES string of the molecule is Cc1ccc(F)c(-n2c(=S)[nH]c3ccc(Cl)cc32)c1. The quantitative estimate of drug-likeness (QED) is 0.640. The second kappa shape index (κ2) is 4.47. The number of aromatic nitrogens is 2. The maximum Gasteiger partial charge on any atom is 0.182 e. The zero-order chi connectivity index (χ0) is 13.6. The summed E-state index contributed by atoms with van der Waals surface area (Å²) in [6, 6.07) is 10.3. The number of benzene rings is 2. The van der Waals surface area contributed by atoms with Crippen molar-refractivity contribution in [3.63, 3.8) is 0 Å². The Hall–Kier alpha value is -1.65. The fourth-order valence-corrected chi connectivity index (χ4v) is 2.58. The Bertz CT molecular complexity index is 835. The van der Waals surface area contributed by atoms with Crippen LogP contribution in [0.15, 0.2) is 36.4 Å². The Kier molecular flexibility index (Phi) is 2.92. The van der Waals surface area contributed by atoms with Crippen LogP contribution >= 0.6 is 23.8 Å². The number of imidazole rings is 1. The molecule has 5 heteroatoms. The zero-order valence-electron chi connectivity index (χ0n) is 10.1. The van der Waals surface area contributed by atoms with Crippen molar-refractivity contribution in [2.45, 2.75) is 6.92 Å². The van der Waals surface area contributed by atoms with E-state index in [4.69, 9.17) is 23.8 Å². The van der Waals surface area contributed by atoms with Crippen molar-refractivity contribution in [1.29, 1.82) is 0 Å². The first-order valence-corrected chi connectivity index (χ1v) is 6.52. The van der Waals surface area contributed by atoms with Crippen LogP contribution in [0.25, 0.3) is 16.7 Å². The van der Waals surface area contributed by atoms with E-state index >= 15 is 0 Å². The molecule has 0 aliphatic heterocycles. The van der Waals surface area contributed by atoms with Gasteiger partial charge in [0, 0.05) is 5.02 Å². The summed E-state index contributed by atoms with van der Waals surface area (Å²) < 4.78 is 16.1. The summed E-state index contributed by atoms with van der Waals surface area (Å²) in [6.45, 7) is 1.91. The van der Waals surface area contributed by atoms with Crippen molar-refractivity contribution >= 4 is 34.9 Å². The fraction of sp³-hybridized carbons (Fsp3) is 0.0714. The molecule has 1 heterocycles. The van der Waals surface area contributed by atoms with Gasteiger partial charge in [-0.1, -0.05) is 17.7 Å². The van der Waals surface area contributed by atoms with Gasteiger partial charge in [0.15, 0.2) is 4.77 Å². The summed E-state index contributed by atoms with van der Waals surface area (Å²) in [5.74, 6) is -0.317. The van der Waals surface area contributed by atoms with Gasteiger partial charge in [0.1, 0.15) is 5.82 Å². The maximum atomic E-state index is 14.0. The van der Waals surface area contributed by atoms with Gasteiger partial charge in [-0.3, -0.25) is 4.57 Å². The van der Waals surface area contributed by atoms with Gasteiger partial charge in [-0.2, -0.15) is 0 Å². The second-order valence-corrected chi connectivity index (χ2v) is 5.21. The van der Waals surface area contributed by atoms with Crippen LogP contribution in [-0.2, 0) is 0 Å². The molecule has 0 atom stereocenters. The maximum absolute atomic E-state index is 14.0. The van der Waals surface area contributed by atoms with Crippen LogP contribution in [0.1, 0.15) is 5.56 Å². The minimum atomic E-state index is -0.317. The minimum Gasteiger partial charge on any atom is -0.330 e. The number of nitrogens with one attached hydrogen (secondary N) is 1. The highest BCUT2D eigenvalue weighted by Crippen LogP contribution is 2.24. The van der Waals surface area contributed by atoms with E-state index in [0.29, 0.717) is 15.5 Å². The first kappa shape index (κ1) is 12.4. The van der Waals surface area contributed by atoms with E-state index < -0.39 is 0 Å². The van der Waals surface area contributed by atoms with Gasteiger partial charge in [0.05, 0.1) is 16.7 Å². The van der Waals surface area contributed by atoms with Crippen molar-refractivity contribution in [3.05, 3.63) is 57.6 Å². The van der Waals surface area contributed by atoms with Crippen molar-refractivity contribution in [2.24, 2.45) is 0 Å². The Morgan fingerprint density at radius 2 is 2.00 bits per heavy atom. The van der Waals surface area contributed by atoms with E-state index in [1.165, 1.54) is 6.07 Å². The van der Waals surface area contributed by atoms with Crippen LogP contribution in [0.4, 0.5) is 4.39 Å². The number of aromatic amines is 1. The smallest absolute Gasteiger partial charge is 0.182 e. The number of fused-ring (bicyclic) bond motifs is 1. The lowest BCUT2D eigenvalue weighted by Gasteiger charge is -2.07. The summed E-state index contributed by atoms with van der Waals surface area (Å²) in [7, 11) is 0. The lowest BCUT2D eigenvalue weighted by molar-refractivity contribution is 0.618. The Balaban J connectivity index is 2.42. The van der Waals surface area contributed by atoms with Crippen molar-refractivity contribution < 1.29 is 4.39 Å². The minimum absolute atomic E-state index is 0.317. The number of nitrogens with zero attached hydrogens (tertiary/aromatic N) is 1. The van der Waals surface area contributed by atoms with E-state index in [-0.39, 0.29) is 5.82 Å². The van der Waals surface area contributed by atoms with Gasteiger partial charge in [-0.05, 0) is 55.0 Å². The lowest BCUT2D eigenvalue weighted by atomic mass is 10.2. The van der Waals surface area contributed by atoms with E-state index in [0.717, 1.165) is 16.6 Å². The molecular formula is C14H10ClFN2S. The van der Waals surface area contributed by atoms with Gasteiger partial charge in [-0.15, -0.1) is 0 Å². The molecule has 0 aliphatic carbocycles. The van der Waals surface area contributed by atoms with E-state index in [1.807, 2.05) is 13.0 Å². The average molecular weight is 293 g/mol. The zero-order valence-corrected chi connectivity index (χ0v) is 11.6. The third-order valence-corrected chi connectivity index (χ3v) is 3.51.